The van der Waals surface area contributed by atoms with Gasteiger partial charge in [-0.1, -0.05) is 43.2 Å². The zero-order valence-corrected chi connectivity index (χ0v) is 18.1. The van der Waals surface area contributed by atoms with Crippen LogP contribution in [0.5, 0.6) is 0 Å². The normalized spacial score (nSPS) is 14.5. The highest BCUT2D eigenvalue weighted by Crippen LogP contribution is 2.30. The van der Waals surface area contributed by atoms with Gasteiger partial charge >= 0.3 is 0 Å². The van der Waals surface area contributed by atoms with E-state index in [1.807, 2.05) is 11.9 Å². The fourth-order valence-electron chi connectivity index (χ4n) is 3.90. The number of halogens is 2. The molecule has 1 heterocycles. The smallest absolute Gasteiger partial charge is 0.233 e. The van der Waals surface area contributed by atoms with E-state index in [2.05, 4.69) is 10.2 Å². The summed E-state index contributed by atoms with van der Waals surface area (Å²) in [4.78, 5) is 14.6. The van der Waals surface area contributed by atoms with Gasteiger partial charge in [0, 0.05) is 18.8 Å². The number of carbonyl (C=O) groups excluding carboxylic acids is 1. The van der Waals surface area contributed by atoms with Gasteiger partial charge in [-0.05, 0) is 49.2 Å². The number of thioether (sulfide) groups is 1. The van der Waals surface area contributed by atoms with Crippen LogP contribution in [-0.4, -0.2) is 44.4 Å². The molecule has 1 aliphatic rings. The van der Waals surface area contributed by atoms with Crippen LogP contribution < -0.4 is 0 Å². The molecule has 31 heavy (non-hydrogen) atoms. The Labute approximate surface area is 184 Å². The Morgan fingerprint density at radius 1 is 1.06 bits per heavy atom. The lowest BCUT2D eigenvalue weighted by Crippen LogP contribution is -2.39. The summed E-state index contributed by atoms with van der Waals surface area (Å²) in [6.07, 6.45) is 5.61. The zero-order chi connectivity index (χ0) is 21.8. The first kappa shape index (κ1) is 21.5. The Hall–Kier alpha value is -2.74. The first-order valence-corrected chi connectivity index (χ1v) is 11.4. The van der Waals surface area contributed by atoms with Crippen molar-refractivity contribution in [3.05, 3.63) is 60.2 Å². The molecule has 0 bridgehead atoms. The summed E-state index contributed by atoms with van der Waals surface area (Å²) in [5.74, 6) is -0.271. The Morgan fingerprint density at radius 3 is 2.48 bits per heavy atom. The third kappa shape index (κ3) is 4.79. The van der Waals surface area contributed by atoms with Crippen LogP contribution in [-0.2, 0) is 4.79 Å². The van der Waals surface area contributed by atoms with E-state index in [1.54, 1.807) is 34.9 Å². The molecule has 0 spiro atoms. The average molecular weight is 443 g/mol. The lowest BCUT2D eigenvalue weighted by atomic mass is 9.94. The summed E-state index contributed by atoms with van der Waals surface area (Å²) in [5, 5.41) is 8.87. The quantitative estimate of drug-likeness (QED) is 0.499. The number of rotatable bonds is 6. The highest BCUT2D eigenvalue weighted by atomic mass is 32.2. The predicted molar refractivity (Wildman–Crippen MR) is 117 cm³/mol. The molecule has 0 atom stereocenters. The molecule has 1 aliphatic carbocycles. The minimum Gasteiger partial charge on any atom is -0.342 e. The molecular weight excluding hydrogens is 418 g/mol. The van der Waals surface area contributed by atoms with Crippen LogP contribution >= 0.6 is 11.8 Å². The molecule has 1 fully saturated rings. The van der Waals surface area contributed by atoms with Gasteiger partial charge in [-0.15, -0.1) is 10.2 Å². The maximum Gasteiger partial charge on any atom is 0.233 e. The number of amides is 1. The highest BCUT2D eigenvalue weighted by Gasteiger charge is 2.24. The van der Waals surface area contributed by atoms with Crippen molar-refractivity contribution in [2.75, 3.05) is 12.8 Å². The summed E-state index contributed by atoms with van der Waals surface area (Å²) < 4.78 is 29.6. The van der Waals surface area contributed by atoms with Gasteiger partial charge in [-0.3, -0.25) is 9.36 Å². The van der Waals surface area contributed by atoms with Crippen molar-refractivity contribution in [3.63, 3.8) is 0 Å². The third-order valence-electron chi connectivity index (χ3n) is 5.67. The third-order valence-corrected chi connectivity index (χ3v) is 6.59. The first-order valence-electron chi connectivity index (χ1n) is 10.4. The molecule has 2 aromatic carbocycles. The monoisotopic (exact) mass is 442 g/mol. The Morgan fingerprint density at radius 2 is 1.77 bits per heavy atom. The van der Waals surface area contributed by atoms with Crippen LogP contribution in [0.15, 0.2) is 53.7 Å². The standard InChI is InChI=1S/C23H24F2N4OS/c1-28(17-7-3-2-4-8-17)21(30)15-31-23-27-26-22(19-9-5-6-10-20(19)25)29(23)18-13-11-16(24)12-14-18/h5-6,9-14,17H,2-4,7-8,15H2,1H3. The molecule has 8 heteroatoms. The van der Waals surface area contributed by atoms with Gasteiger partial charge in [0.15, 0.2) is 11.0 Å². The molecule has 0 aliphatic heterocycles. The maximum atomic E-state index is 14.5. The fraction of sp³-hybridized carbons (Fsp3) is 0.348. The van der Waals surface area contributed by atoms with Crippen molar-refractivity contribution in [2.24, 2.45) is 0 Å². The lowest BCUT2D eigenvalue weighted by Gasteiger charge is -2.31. The largest absolute Gasteiger partial charge is 0.342 e. The van der Waals surface area contributed by atoms with Crippen LogP contribution in [0.3, 0.4) is 0 Å². The molecule has 0 saturated heterocycles. The molecule has 0 N–H and O–H groups in total. The number of aromatic nitrogens is 3. The number of nitrogens with zero attached hydrogens (tertiary/aromatic N) is 4. The SMILES string of the molecule is CN(C(=O)CSc1nnc(-c2ccccc2F)n1-c1ccc(F)cc1)C1CCCCC1. The van der Waals surface area contributed by atoms with Crippen LogP contribution in [0.25, 0.3) is 17.1 Å². The van der Waals surface area contributed by atoms with Crippen molar-refractivity contribution >= 4 is 17.7 Å². The molecule has 0 unspecified atom stereocenters. The summed E-state index contributed by atoms with van der Waals surface area (Å²) >= 11 is 1.25. The molecule has 1 amide bonds. The van der Waals surface area contributed by atoms with Crippen molar-refractivity contribution in [1.29, 1.82) is 0 Å². The van der Waals surface area contributed by atoms with Gasteiger partial charge < -0.3 is 4.90 Å². The minimum absolute atomic E-state index is 0.0259. The minimum atomic E-state index is -0.428. The lowest BCUT2D eigenvalue weighted by molar-refractivity contribution is -0.129. The van der Waals surface area contributed by atoms with E-state index in [0.717, 1.165) is 25.7 Å². The van der Waals surface area contributed by atoms with Gasteiger partial charge in [0.1, 0.15) is 11.6 Å². The Bertz CT molecular complexity index is 1050. The van der Waals surface area contributed by atoms with Gasteiger partial charge in [-0.2, -0.15) is 0 Å². The van der Waals surface area contributed by atoms with E-state index in [9.17, 15) is 13.6 Å². The number of hydrogen-bond donors (Lipinski definition) is 0. The second-order valence-electron chi connectivity index (χ2n) is 7.68. The molecule has 5 nitrogen and oxygen atoms in total. The summed E-state index contributed by atoms with van der Waals surface area (Å²) in [6.45, 7) is 0. The van der Waals surface area contributed by atoms with Crippen molar-refractivity contribution < 1.29 is 13.6 Å². The molecule has 0 radical (unpaired) electrons. The van der Waals surface area contributed by atoms with Crippen molar-refractivity contribution in [1.82, 2.24) is 19.7 Å². The second-order valence-corrected chi connectivity index (χ2v) is 8.63. The summed E-state index contributed by atoms with van der Waals surface area (Å²) in [7, 11) is 1.86. The van der Waals surface area contributed by atoms with Crippen LogP contribution in [0.2, 0.25) is 0 Å². The molecule has 1 aromatic heterocycles. The van der Waals surface area contributed by atoms with Crippen LogP contribution in [0, 0.1) is 11.6 Å². The van der Waals surface area contributed by atoms with Crippen LogP contribution in [0.4, 0.5) is 8.78 Å². The number of hydrogen-bond acceptors (Lipinski definition) is 4. The summed E-state index contributed by atoms with van der Waals surface area (Å²) in [6, 6.07) is 12.4. The number of carbonyl (C=O) groups is 1. The maximum absolute atomic E-state index is 14.5. The van der Waals surface area contributed by atoms with Crippen LogP contribution in [0.1, 0.15) is 32.1 Å². The van der Waals surface area contributed by atoms with E-state index in [-0.39, 0.29) is 29.1 Å². The van der Waals surface area contributed by atoms with E-state index >= 15 is 0 Å². The van der Waals surface area contributed by atoms with E-state index in [0.29, 0.717) is 16.7 Å². The van der Waals surface area contributed by atoms with Gasteiger partial charge in [0.2, 0.25) is 5.91 Å². The van der Waals surface area contributed by atoms with E-state index in [4.69, 9.17) is 0 Å². The van der Waals surface area contributed by atoms with Gasteiger partial charge in [-0.25, -0.2) is 8.78 Å². The highest BCUT2D eigenvalue weighted by molar-refractivity contribution is 7.99. The molecule has 3 aromatic rings. The Kier molecular flexibility index (Phi) is 6.65. The summed E-state index contributed by atoms with van der Waals surface area (Å²) in [5.41, 5.74) is 0.886. The van der Waals surface area contributed by atoms with E-state index < -0.39 is 5.82 Å². The number of benzene rings is 2. The average Bonchev–Trinajstić information content (AvgIpc) is 3.22. The van der Waals surface area contributed by atoms with Crippen molar-refractivity contribution in [2.45, 2.75) is 43.3 Å². The first-order chi connectivity index (χ1) is 15.0. The van der Waals surface area contributed by atoms with Gasteiger partial charge in [0.25, 0.3) is 0 Å². The second kappa shape index (κ2) is 9.60. The van der Waals surface area contributed by atoms with Crippen molar-refractivity contribution in [3.8, 4) is 17.1 Å². The van der Waals surface area contributed by atoms with Gasteiger partial charge in [0.05, 0.1) is 11.3 Å². The fourth-order valence-corrected chi connectivity index (χ4v) is 4.78. The molecule has 1 saturated carbocycles. The zero-order valence-electron chi connectivity index (χ0n) is 17.3. The Balaban J connectivity index is 1.61. The molecular formula is C23H24F2N4OS. The molecule has 162 valence electrons. The van der Waals surface area contributed by atoms with E-state index in [1.165, 1.54) is 36.4 Å². The topological polar surface area (TPSA) is 51.0 Å². The molecule has 4 rings (SSSR count). The predicted octanol–water partition coefficient (Wildman–Crippen LogP) is 5.10.